The van der Waals surface area contributed by atoms with Crippen LogP contribution in [0.15, 0.2) is 54.6 Å². The van der Waals surface area contributed by atoms with Crippen molar-refractivity contribution >= 4 is 28.9 Å². The number of para-hydroxylation sites is 1. The van der Waals surface area contributed by atoms with Crippen molar-refractivity contribution in [3.05, 3.63) is 59.6 Å². The van der Waals surface area contributed by atoms with Crippen molar-refractivity contribution in [2.24, 2.45) is 0 Å². The smallest absolute Gasteiger partial charge is 0.307 e. The summed E-state index contributed by atoms with van der Waals surface area (Å²) in [7, 11) is 1.41. The molecule has 21 heavy (non-hydrogen) atoms. The second kappa shape index (κ2) is 7.14. The van der Waals surface area contributed by atoms with E-state index in [0.717, 1.165) is 11.4 Å². The molecule has 1 atom stereocenters. The van der Waals surface area contributed by atoms with Gasteiger partial charge in [-0.2, -0.15) is 0 Å². The SMILES string of the molecule is COC(=O)C[C@H](C)N(c1ccccc1)c1ccc(Cl)cc1. The van der Waals surface area contributed by atoms with E-state index >= 15 is 0 Å². The highest BCUT2D eigenvalue weighted by Crippen LogP contribution is 2.29. The van der Waals surface area contributed by atoms with Crippen LogP contribution in [0.2, 0.25) is 5.02 Å². The van der Waals surface area contributed by atoms with Crippen LogP contribution < -0.4 is 4.90 Å². The Balaban J connectivity index is 2.35. The minimum atomic E-state index is -0.225. The lowest BCUT2D eigenvalue weighted by Gasteiger charge is -2.31. The number of methoxy groups -OCH3 is 1. The number of benzene rings is 2. The van der Waals surface area contributed by atoms with E-state index in [0.29, 0.717) is 11.4 Å². The van der Waals surface area contributed by atoms with E-state index in [1.807, 2.05) is 61.5 Å². The Labute approximate surface area is 130 Å². The maximum Gasteiger partial charge on any atom is 0.307 e. The maximum absolute atomic E-state index is 11.6. The van der Waals surface area contributed by atoms with Gasteiger partial charge in [-0.25, -0.2) is 0 Å². The molecule has 0 amide bonds. The lowest BCUT2D eigenvalue weighted by Crippen LogP contribution is -2.30. The number of halogens is 1. The van der Waals surface area contributed by atoms with Crippen molar-refractivity contribution in [1.82, 2.24) is 0 Å². The van der Waals surface area contributed by atoms with Crippen molar-refractivity contribution in [3.63, 3.8) is 0 Å². The molecule has 0 unspecified atom stereocenters. The molecule has 0 spiro atoms. The van der Waals surface area contributed by atoms with Gasteiger partial charge in [-0.15, -0.1) is 0 Å². The Morgan fingerprint density at radius 2 is 1.67 bits per heavy atom. The molecule has 110 valence electrons. The summed E-state index contributed by atoms with van der Waals surface area (Å²) in [6.07, 6.45) is 0.314. The molecule has 3 nitrogen and oxygen atoms in total. The number of carbonyl (C=O) groups excluding carboxylic acids is 1. The minimum absolute atomic E-state index is 0.0268. The van der Waals surface area contributed by atoms with Crippen LogP contribution in [-0.4, -0.2) is 19.1 Å². The molecule has 4 heteroatoms. The van der Waals surface area contributed by atoms with Gasteiger partial charge < -0.3 is 9.64 Å². The zero-order valence-corrected chi connectivity index (χ0v) is 12.9. The standard InChI is InChI=1S/C17H18ClNO2/c1-13(12-17(20)21-2)19(15-6-4-3-5-7-15)16-10-8-14(18)9-11-16/h3-11,13H,12H2,1-2H3/t13-/m0/s1. The van der Waals surface area contributed by atoms with Crippen molar-refractivity contribution in [2.45, 2.75) is 19.4 Å². The number of anilines is 2. The van der Waals surface area contributed by atoms with Crippen molar-refractivity contribution < 1.29 is 9.53 Å². The van der Waals surface area contributed by atoms with Crippen LogP contribution in [0, 0.1) is 0 Å². The molecule has 0 radical (unpaired) electrons. The number of rotatable bonds is 5. The Bertz CT molecular complexity index is 583. The topological polar surface area (TPSA) is 29.5 Å². The van der Waals surface area contributed by atoms with Gasteiger partial charge in [0.25, 0.3) is 0 Å². The highest BCUT2D eigenvalue weighted by atomic mass is 35.5. The molecule has 0 fully saturated rings. The Morgan fingerprint density at radius 1 is 1.10 bits per heavy atom. The van der Waals surface area contributed by atoms with Gasteiger partial charge in [-0.05, 0) is 43.3 Å². The summed E-state index contributed by atoms with van der Waals surface area (Å²) < 4.78 is 4.78. The normalized spacial score (nSPS) is 11.8. The average Bonchev–Trinajstić information content (AvgIpc) is 2.50. The monoisotopic (exact) mass is 303 g/mol. The third kappa shape index (κ3) is 3.99. The van der Waals surface area contributed by atoms with E-state index in [1.165, 1.54) is 7.11 Å². The highest BCUT2D eigenvalue weighted by molar-refractivity contribution is 6.30. The summed E-state index contributed by atoms with van der Waals surface area (Å²) >= 11 is 5.96. The summed E-state index contributed by atoms with van der Waals surface area (Å²) in [5, 5.41) is 0.687. The molecule has 0 aliphatic carbocycles. The molecule has 0 aliphatic rings. The zero-order valence-electron chi connectivity index (χ0n) is 12.1. The van der Waals surface area contributed by atoms with E-state index in [9.17, 15) is 4.79 Å². The molecule has 0 saturated heterocycles. The summed E-state index contributed by atoms with van der Waals surface area (Å²) in [6, 6.07) is 17.5. The van der Waals surface area contributed by atoms with Crippen molar-refractivity contribution in [1.29, 1.82) is 0 Å². The van der Waals surface area contributed by atoms with E-state index in [-0.39, 0.29) is 12.0 Å². The first-order valence-corrected chi connectivity index (χ1v) is 7.16. The summed E-state index contributed by atoms with van der Waals surface area (Å²) in [4.78, 5) is 13.7. The molecule has 0 aliphatic heterocycles. The average molecular weight is 304 g/mol. The Kier molecular flexibility index (Phi) is 5.23. The highest BCUT2D eigenvalue weighted by Gasteiger charge is 2.19. The van der Waals surface area contributed by atoms with Gasteiger partial charge >= 0.3 is 5.97 Å². The first kappa shape index (κ1) is 15.4. The first-order valence-electron chi connectivity index (χ1n) is 6.78. The quantitative estimate of drug-likeness (QED) is 0.765. The molecule has 0 bridgehead atoms. The van der Waals surface area contributed by atoms with Gasteiger partial charge in [0, 0.05) is 22.4 Å². The number of hydrogen-bond acceptors (Lipinski definition) is 3. The van der Waals surface area contributed by atoms with Gasteiger partial charge in [0.2, 0.25) is 0 Å². The summed E-state index contributed by atoms with van der Waals surface area (Å²) in [5.41, 5.74) is 2.01. The van der Waals surface area contributed by atoms with Crippen LogP contribution >= 0.6 is 11.6 Å². The van der Waals surface area contributed by atoms with Crippen LogP contribution in [0.3, 0.4) is 0 Å². The van der Waals surface area contributed by atoms with Gasteiger partial charge in [-0.3, -0.25) is 4.79 Å². The van der Waals surface area contributed by atoms with E-state index in [4.69, 9.17) is 16.3 Å². The number of esters is 1. The second-order valence-corrected chi connectivity index (χ2v) is 5.25. The molecular weight excluding hydrogens is 286 g/mol. The largest absolute Gasteiger partial charge is 0.469 e. The fourth-order valence-electron chi connectivity index (χ4n) is 2.26. The molecule has 2 aromatic rings. The van der Waals surface area contributed by atoms with Gasteiger partial charge in [0.1, 0.15) is 0 Å². The second-order valence-electron chi connectivity index (χ2n) is 4.81. The van der Waals surface area contributed by atoms with Crippen molar-refractivity contribution in [2.75, 3.05) is 12.0 Å². The van der Waals surface area contributed by atoms with Gasteiger partial charge in [0.05, 0.1) is 13.5 Å². The van der Waals surface area contributed by atoms with Crippen LogP contribution in [-0.2, 0) is 9.53 Å². The molecule has 0 N–H and O–H groups in total. The van der Waals surface area contributed by atoms with Crippen LogP contribution in [0.1, 0.15) is 13.3 Å². The molecule has 0 heterocycles. The van der Waals surface area contributed by atoms with Crippen LogP contribution in [0.5, 0.6) is 0 Å². The third-order valence-corrected chi connectivity index (χ3v) is 3.52. The Hall–Kier alpha value is -2.00. The van der Waals surface area contributed by atoms with Crippen LogP contribution in [0.25, 0.3) is 0 Å². The van der Waals surface area contributed by atoms with Crippen LogP contribution in [0.4, 0.5) is 11.4 Å². The fraction of sp³-hybridized carbons (Fsp3) is 0.235. The predicted octanol–water partition coefficient (Wildman–Crippen LogP) is 4.43. The Morgan fingerprint density at radius 3 is 2.24 bits per heavy atom. The van der Waals surface area contributed by atoms with E-state index in [2.05, 4.69) is 4.90 Å². The number of ether oxygens (including phenoxy) is 1. The number of carbonyl (C=O) groups is 1. The van der Waals surface area contributed by atoms with Gasteiger partial charge in [0.15, 0.2) is 0 Å². The van der Waals surface area contributed by atoms with E-state index < -0.39 is 0 Å². The lowest BCUT2D eigenvalue weighted by atomic mass is 10.1. The third-order valence-electron chi connectivity index (χ3n) is 3.27. The summed E-state index contributed by atoms with van der Waals surface area (Å²) in [6.45, 7) is 2.00. The number of nitrogens with zero attached hydrogens (tertiary/aromatic N) is 1. The molecular formula is C17H18ClNO2. The molecule has 0 saturated carbocycles. The van der Waals surface area contributed by atoms with E-state index in [1.54, 1.807) is 0 Å². The van der Waals surface area contributed by atoms with Gasteiger partial charge in [-0.1, -0.05) is 29.8 Å². The predicted molar refractivity (Wildman–Crippen MR) is 86.1 cm³/mol. The molecule has 2 aromatic carbocycles. The zero-order chi connectivity index (χ0) is 15.2. The maximum atomic E-state index is 11.6. The fourth-order valence-corrected chi connectivity index (χ4v) is 2.39. The molecule has 0 aromatic heterocycles. The minimum Gasteiger partial charge on any atom is -0.469 e. The lowest BCUT2D eigenvalue weighted by molar-refractivity contribution is -0.140. The molecule has 2 rings (SSSR count). The first-order chi connectivity index (χ1) is 10.1. The summed E-state index contributed by atoms with van der Waals surface area (Å²) in [5.74, 6) is -0.225. The number of hydrogen-bond donors (Lipinski definition) is 0. The van der Waals surface area contributed by atoms with Crippen molar-refractivity contribution in [3.8, 4) is 0 Å².